The van der Waals surface area contributed by atoms with E-state index in [2.05, 4.69) is 48.3 Å². The normalized spacial score (nSPS) is 15.9. The summed E-state index contributed by atoms with van der Waals surface area (Å²) < 4.78 is 5.50. The van der Waals surface area contributed by atoms with Crippen LogP contribution in [0.2, 0.25) is 0 Å². The van der Waals surface area contributed by atoms with Crippen LogP contribution >= 0.6 is 11.8 Å². The van der Waals surface area contributed by atoms with Gasteiger partial charge in [-0.2, -0.15) is 11.8 Å². The molecule has 0 aromatic heterocycles. The van der Waals surface area contributed by atoms with Gasteiger partial charge >= 0.3 is 0 Å². The van der Waals surface area contributed by atoms with Crippen LogP contribution in [0.4, 0.5) is 0 Å². The number of rotatable bonds is 11. The molecule has 1 aromatic rings. The van der Waals surface area contributed by atoms with Crippen LogP contribution in [0.15, 0.2) is 24.3 Å². The number of benzene rings is 1. The van der Waals surface area contributed by atoms with Crippen molar-refractivity contribution in [2.24, 2.45) is 5.92 Å². The Hall–Kier alpha value is -0.670. The van der Waals surface area contributed by atoms with E-state index in [1.165, 1.54) is 42.8 Å². The third-order valence-electron chi connectivity index (χ3n) is 4.08. The Labute approximate surface area is 134 Å². The van der Waals surface area contributed by atoms with Crippen molar-refractivity contribution in [3.63, 3.8) is 0 Å². The van der Waals surface area contributed by atoms with Gasteiger partial charge in [0.15, 0.2) is 0 Å². The van der Waals surface area contributed by atoms with Crippen molar-refractivity contribution in [3.8, 4) is 5.75 Å². The lowest BCUT2D eigenvalue weighted by Crippen LogP contribution is -2.26. The van der Waals surface area contributed by atoms with Crippen LogP contribution in [-0.2, 0) is 6.42 Å². The Balaban J connectivity index is 1.86. The summed E-state index contributed by atoms with van der Waals surface area (Å²) in [4.78, 5) is 0. The second-order valence-corrected chi connectivity index (χ2v) is 7.30. The molecule has 1 aliphatic rings. The van der Waals surface area contributed by atoms with Crippen molar-refractivity contribution in [1.82, 2.24) is 5.32 Å². The van der Waals surface area contributed by atoms with E-state index in [-0.39, 0.29) is 0 Å². The second kappa shape index (κ2) is 9.37. The number of para-hydroxylation sites is 1. The van der Waals surface area contributed by atoms with Crippen molar-refractivity contribution in [2.75, 3.05) is 25.2 Å². The van der Waals surface area contributed by atoms with Crippen LogP contribution < -0.4 is 10.1 Å². The molecule has 2 nitrogen and oxygen atoms in total. The van der Waals surface area contributed by atoms with Gasteiger partial charge in [-0.25, -0.2) is 0 Å². The summed E-state index contributed by atoms with van der Waals surface area (Å²) in [6.45, 7) is 3.39. The van der Waals surface area contributed by atoms with Crippen LogP contribution in [-0.4, -0.2) is 31.2 Å². The highest BCUT2D eigenvalue weighted by atomic mass is 32.2. The van der Waals surface area contributed by atoms with E-state index in [4.69, 9.17) is 4.74 Å². The van der Waals surface area contributed by atoms with Crippen LogP contribution in [0.1, 0.15) is 38.2 Å². The Kier molecular flexibility index (Phi) is 7.45. The molecule has 0 amide bonds. The van der Waals surface area contributed by atoms with Gasteiger partial charge in [-0.05, 0) is 67.7 Å². The molecule has 0 heterocycles. The maximum Gasteiger partial charge on any atom is 0.122 e. The number of hydrogen-bond donors (Lipinski definition) is 1. The fourth-order valence-electron chi connectivity index (χ4n) is 2.70. The first-order chi connectivity index (χ1) is 10.3. The number of ether oxygens (including phenoxy) is 1. The van der Waals surface area contributed by atoms with Gasteiger partial charge < -0.3 is 10.1 Å². The summed E-state index contributed by atoms with van der Waals surface area (Å²) in [6.07, 6.45) is 6.50. The van der Waals surface area contributed by atoms with Gasteiger partial charge in [-0.3, -0.25) is 0 Å². The quantitative estimate of drug-likeness (QED) is 0.621. The Bertz CT molecular complexity index is 406. The second-order valence-electron chi connectivity index (χ2n) is 5.90. The lowest BCUT2D eigenvalue weighted by Gasteiger charge is -2.19. The highest BCUT2D eigenvalue weighted by Gasteiger charge is 2.22. The fraction of sp³-hybridized carbons (Fsp3) is 0.667. The van der Waals surface area contributed by atoms with E-state index in [0.717, 1.165) is 30.7 Å². The standard InChI is InChI=1S/C18H29NOS/c1-3-21-12-6-7-15(14-19-17-10-11-17)13-16-8-4-5-9-18(16)20-2/h4-5,8-9,15,17,19H,3,6-7,10-14H2,1-2H3. The van der Waals surface area contributed by atoms with Crippen molar-refractivity contribution in [3.05, 3.63) is 29.8 Å². The predicted molar refractivity (Wildman–Crippen MR) is 93.4 cm³/mol. The van der Waals surface area contributed by atoms with Gasteiger partial charge in [0.05, 0.1) is 7.11 Å². The first-order valence-corrected chi connectivity index (χ1v) is 9.42. The minimum Gasteiger partial charge on any atom is -0.496 e. The van der Waals surface area contributed by atoms with E-state index in [1.807, 2.05) is 0 Å². The third-order valence-corrected chi connectivity index (χ3v) is 5.06. The molecule has 0 radical (unpaired) electrons. The summed E-state index contributed by atoms with van der Waals surface area (Å²) in [5.74, 6) is 4.29. The monoisotopic (exact) mass is 307 g/mol. The molecule has 1 aromatic carbocycles. The molecule has 0 aliphatic heterocycles. The van der Waals surface area contributed by atoms with Crippen LogP contribution in [0.3, 0.4) is 0 Å². The maximum atomic E-state index is 5.50. The molecular formula is C18H29NOS. The Morgan fingerprint density at radius 3 is 2.86 bits per heavy atom. The molecule has 1 atom stereocenters. The largest absolute Gasteiger partial charge is 0.496 e. The minimum absolute atomic E-state index is 0.722. The lowest BCUT2D eigenvalue weighted by atomic mass is 9.94. The minimum atomic E-state index is 0.722. The molecule has 0 spiro atoms. The molecule has 2 rings (SSSR count). The third kappa shape index (κ3) is 6.31. The zero-order chi connectivity index (χ0) is 14.9. The fourth-order valence-corrected chi connectivity index (χ4v) is 3.36. The van der Waals surface area contributed by atoms with E-state index in [0.29, 0.717) is 0 Å². The van der Waals surface area contributed by atoms with Gasteiger partial charge in [0.2, 0.25) is 0 Å². The Morgan fingerprint density at radius 1 is 1.33 bits per heavy atom. The summed E-state index contributed by atoms with van der Waals surface area (Å²) in [5, 5.41) is 3.71. The van der Waals surface area contributed by atoms with Gasteiger partial charge in [-0.15, -0.1) is 0 Å². The van der Waals surface area contributed by atoms with E-state index < -0.39 is 0 Å². The van der Waals surface area contributed by atoms with Gasteiger partial charge in [-0.1, -0.05) is 25.1 Å². The van der Waals surface area contributed by atoms with Gasteiger partial charge in [0.25, 0.3) is 0 Å². The molecule has 1 saturated carbocycles. The highest BCUT2D eigenvalue weighted by Crippen LogP contribution is 2.25. The van der Waals surface area contributed by atoms with Gasteiger partial charge in [0.1, 0.15) is 5.75 Å². The maximum absolute atomic E-state index is 5.50. The molecule has 1 N–H and O–H groups in total. The molecule has 118 valence electrons. The van der Waals surface area contributed by atoms with E-state index in [9.17, 15) is 0 Å². The molecule has 0 bridgehead atoms. The van der Waals surface area contributed by atoms with Crippen molar-refractivity contribution < 1.29 is 4.74 Å². The smallest absolute Gasteiger partial charge is 0.122 e. The molecule has 1 fully saturated rings. The molecular weight excluding hydrogens is 278 g/mol. The summed E-state index contributed by atoms with van der Waals surface area (Å²) in [6, 6.07) is 9.26. The SMILES string of the molecule is CCSCCCC(CNC1CC1)Cc1ccccc1OC. The molecule has 1 aliphatic carbocycles. The van der Waals surface area contributed by atoms with Crippen molar-refractivity contribution in [2.45, 2.75) is 45.1 Å². The van der Waals surface area contributed by atoms with E-state index in [1.54, 1.807) is 7.11 Å². The first kappa shape index (κ1) is 16.7. The topological polar surface area (TPSA) is 21.3 Å². The van der Waals surface area contributed by atoms with Crippen LogP contribution in [0.5, 0.6) is 5.75 Å². The zero-order valence-corrected chi connectivity index (χ0v) is 14.3. The first-order valence-electron chi connectivity index (χ1n) is 8.26. The number of methoxy groups -OCH3 is 1. The average Bonchev–Trinajstić information content (AvgIpc) is 3.33. The van der Waals surface area contributed by atoms with Crippen LogP contribution in [0, 0.1) is 5.92 Å². The van der Waals surface area contributed by atoms with Crippen LogP contribution in [0.25, 0.3) is 0 Å². The average molecular weight is 308 g/mol. The summed E-state index contributed by atoms with van der Waals surface area (Å²) >= 11 is 2.06. The summed E-state index contributed by atoms with van der Waals surface area (Å²) in [7, 11) is 1.77. The number of nitrogens with one attached hydrogen (secondary N) is 1. The molecule has 1 unspecified atom stereocenters. The molecule has 21 heavy (non-hydrogen) atoms. The van der Waals surface area contributed by atoms with Crippen molar-refractivity contribution in [1.29, 1.82) is 0 Å². The predicted octanol–water partition coefficient (Wildman–Crippen LogP) is 4.14. The van der Waals surface area contributed by atoms with Crippen molar-refractivity contribution >= 4 is 11.8 Å². The van der Waals surface area contributed by atoms with E-state index >= 15 is 0 Å². The number of thioether (sulfide) groups is 1. The molecule has 0 saturated heterocycles. The Morgan fingerprint density at radius 2 is 2.14 bits per heavy atom. The van der Waals surface area contributed by atoms with Gasteiger partial charge in [0, 0.05) is 6.04 Å². The lowest BCUT2D eigenvalue weighted by molar-refractivity contribution is 0.394. The molecule has 3 heteroatoms. The zero-order valence-electron chi connectivity index (χ0n) is 13.4. The highest BCUT2D eigenvalue weighted by molar-refractivity contribution is 7.99. The number of hydrogen-bond acceptors (Lipinski definition) is 3. The summed E-state index contributed by atoms with van der Waals surface area (Å²) in [5.41, 5.74) is 1.35.